The minimum Gasteiger partial charge on any atom is -0.490 e. The van der Waals surface area contributed by atoms with Crippen LogP contribution in [0.5, 0.6) is 5.75 Å². The summed E-state index contributed by atoms with van der Waals surface area (Å²) in [7, 11) is 0. The van der Waals surface area contributed by atoms with Gasteiger partial charge in [-0.15, -0.1) is 0 Å². The quantitative estimate of drug-likeness (QED) is 0.496. The normalized spacial score (nSPS) is 18.6. The third-order valence-electron chi connectivity index (χ3n) is 3.82. The minimum atomic E-state index is -1.15. The Balaban J connectivity index is 2.13. The van der Waals surface area contributed by atoms with Crippen LogP contribution in [0.1, 0.15) is 31.7 Å². The van der Waals surface area contributed by atoms with Gasteiger partial charge in [0.15, 0.2) is 0 Å². The monoisotopic (exact) mass is 291 g/mol. The Labute approximate surface area is 124 Å². The van der Waals surface area contributed by atoms with Crippen LogP contribution in [0.4, 0.5) is 0 Å². The molecule has 114 valence electrons. The highest BCUT2D eigenvalue weighted by molar-refractivity contribution is 5.33. The van der Waals surface area contributed by atoms with Gasteiger partial charge in [-0.25, -0.2) is 0 Å². The maximum atomic E-state index is 10.6. The van der Waals surface area contributed by atoms with Crippen molar-refractivity contribution in [2.75, 3.05) is 19.8 Å². The van der Waals surface area contributed by atoms with Crippen LogP contribution in [0, 0.1) is 0 Å². The van der Waals surface area contributed by atoms with Crippen LogP contribution >= 0.6 is 0 Å². The molecule has 1 N–H and O–H groups in total. The van der Waals surface area contributed by atoms with E-state index in [0.29, 0.717) is 12.0 Å². The predicted molar refractivity (Wildman–Crippen MR) is 79.1 cm³/mol. The molecule has 0 aliphatic carbocycles. The van der Waals surface area contributed by atoms with Gasteiger partial charge in [-0.3, -0.25) is 0 Å². The van der Waals surface area contributed by atoms with Crippen molar-refractivity contribution >= 4 is 0 Å². The zero-order valence-electron chi connectivity index (χ0n) is 12.2. The van der Waals surface area contributed by atoms with Crippen molar-refractivity contribution in [1.82, 2.24) is 0 Å². The first kappa shape index (κ1) is 15.6. The topological polar surface area (TPSA) is 87.5 Å². The maximum absolute atomic E-state index is 10.6. The standard InChI is InChI=1S/C15H21N3O3/c1-2-15(19,11-17-18-16)12-4-3-5-14(10-12)21-13-6-8-20-9-7-13/h3-5,10,13,19H,2,6-9,11H2,1H3/t15-/m1/s1. The van der Waals surface area contributed by atoms with E-state index in [1.165, 1.54) is 0 Å². The molecular weight excluding hydrogens is 270 g/mol. The van der Waals surface area contributed by atoms with Gasteiger partial charge in [0.25, 0.3) is 0 Å². The lowest BCUT2D eigenvalue weighted by Crippen LogP contribution is -2.29. The second kappa shape index (κ2) is 7.31. The van der Waals surface area contributed by atoms with Crippen molar-refractivity contribution in [3.05, 3.63) is 40.3 Å². The number of rotatable bonds is 6. The molecule has 6 heteroatoms. The van der Waals surface area contributed by atoms with Crippen LogP contribution in [-0.2, 0) is 10.3 Å². The van der Waals surface area contributed by atoms with Crippen molar-refractivity contribution < 1.29 is 14.6 Å². The second-order valence-corrected chi connectivity index (χ2v) is 5.23. The number of aliphatic hydroxyl groups is 1. The predicted octanol–water partition coefficient (Wildman–Crippen LogP) is 3.15. The third-order valence-corrected chi connectivity index (χ3v) is 3.82. The first-order chi connectivity index (χ1) is 10.2. The molecule has 6 nitrogen and oxygen atoms in total. The van der Waals surface area contributed by atoms with Crippen LogP contribution in [0.3, 0.4) is 0 Å². The summed E-state index contributed by atoms with van der Waals surface area (Å²) in [5.41, 5.74) is 8.01. The average molecular weight is 291 g/mol. The van der Waals surface area contributed by atoms with Gasteiger partial charge in [0.05, 0.1) is 25.4 Å². The number of hydrogen-bond acceptors (Lipinski definition) is 4. The molecule has 0 spiro atoms. The molecule has 0 bridgehead atoms. The fourth-order valence-electron chi connectivity index (χ4n) is 2.40. The molecule has 1 aliphatic heterocycles. The summed E-state index contributed by atoms with van der Waals surface area (Å²) in [5.74, 6) is 0.729. The van der Waals surface area contributed by atoms with Crippen LogP contribution < -0.4 is 4.74 Å². The Bertz CT molecular complexity index is 511. The molecule has 1 heterocycles. The summed E-state index contributed by atoms with van der Waals surface area (Å²) in [6, 6.07) is 7.38. The highest BCUT2D eigenvalue weighted by Crippen LogP contribution is 2.29. The number of nitrogens with zero attached hydrogens (tertiary/aromatic N) is 3. The number of ether oxygens (including phenoxy) is 2. The van der Waals surface area contributed by atoms with Crippen molar-refractivity contribution in [2.45, 2.75) is 37.9 Å². The van der Waals surface area contributed by atoms with E-state index in [-0.39, 0.29) is 12.6 Å². The Hall–Kier alpha value is -1.75. The largest absolute Gasteiger partial charge is 0.490 e. The van der Waals surface area contributed by atoms with E-state index in [1.54, 1.807) is 0 Å². The molecule has 0 unspecified atom stereocenters. The van der Waals surface area contributed by atoms with E-state index in [9.17, 15) is 5.11 Å². The summed E-state index contributed by atoms with van der Waals surface area (Å²) >= 11 is 0. The van der Waals surface area contributed by atoms with Crippen molar-refractivity contribution in [3.8, 4) is 5.75 Å². The number of hydrogen-bond donors (Lipinski definition) is 1. The minimum absolute atomic E-state index is 0.0146. The molecule has 0 amide bonds. The first-order valence-electron chi connectivity index (χ1n) is 7.26. The van der Waals surface area contributed by atoms with Gasteiger partial charge in [0.2, 0.25) is 0 Å². The van der Waals surface area contributed by atoms with Crippen LogP contribution in [0.2, 0.25) is 0 Å². The Morgan fingerprint density at radius 2 is 2.24 bits per heavy atom. The van der Waals surface area contributed by atoms with E-state index in [1.807, 2.05) is 31.2 Å². The Morgan fingerprint density at radius 3 is 2.90 bits per heavy atom. The lowest BCUT2D eigenvalue weighted by molar-refractivity contribution is 0.0242. The third kappa shape index (κ3) is 4.11. The summed E-state index contributed by atoms with van der Waals surface area (Å²) < 4.78 is 11.3. The average Bonchev–Trinajstić information content (AvgIpc) is 2.54. The fraction of sp³-hybridized carbons (Fsp3) is 0.600. The molecule has 1 aromatic carbocycles. The SMILES string of the molecule is CC[C@@](O)(CN=[N+]=[N-])c1cccc(OC2CCOCC2)c1. The molecule has 1 aliphatic rings. The van der Waals surface area contributed by atoms with E-state index >= 15 is 0 Å². The zero-order valence-corrected chi connectivity index (χ0v) is 12.2. The summed E-state index contributed by atoms with van der Waals surface area (Å²) in [6.45, 7) is 3.32. The molecule has 0 saturated carbocycles. The van der Waals surface area contributed by atoms with Crippen LogP contribution in [0.15, 0.2) is 29.4 Å². The second-order valence-electron chi connectivity index (χ2n) is 5.23. The van der Waals surface area contributed by atoms with Crippen LogP contribution in [0.25, 0.3) is 10.4 Å². The fourth-order valence-corrected chi connectivity index (χ4v) is 2.40. The van der Waals surface area contributed by atoms with Crippen molar-refractivity contribution in [2.24, 2.45) is 5.11 Å². The highest BCUT2D eigenvalue weighted by Gasteiger charge is 2.27. The summed E-state index contributed by atoms with van der Waals surface area (Å²) in [4.78, 5) is 2.73. The smallest absolute Gasteiger partial charge is 0.120 e. The van der Waals surface area contributed by atoms with E-state index in [0.717, 1.165) is 31.8 Å². The van der Waals surface area contributed by atoms with Crippen molar-refractivity contribution in [1.29, 1.82) is 0 Å². The Morgan fingerprint density at radius 1 is 1.48 bits per heavy atom. The van der Waals surface area contributed by atoms with Gasteiger partial charge >= 0.3 is 0 Å². The van der Waals surface area contributed by atoms with E-state index in [4.69, 9.17) is 15.0 Å². The molecule has 1 atom stereocenters. The number of benzene rings is 1. The zero-order chi connectivity index (χ0) is 15.1. The van der Waals surface area contributed by atoms with Gasteiger partial charge in [0, 0.05) is 17.8 Å². The summed E-state index contributed by atoms with van der Waals surface area (Å²) in [5, 5.41) is 14.1. The molecule has 2 rings (SSSR count). The number of azide groups is 1. The molecule has 0 radical (unpaired) electrons. The molecule has 1 saturated heterocycles. The molecule has 1 fully saturated rings. The first-order valence-corrected chi connectivity index (χ1v) is 7.26. The van der Waals surface area contributed by atoms with Gasteiger partial charge in [0.1, 0.15) is 11.9 Å². The lowest BCUT2D eigenvalue weighted by Gasteiger charge is -2.27. The highest BCUT2D eigenvalue weighted by atomic mass is 16.5. The van der Waals surface area contributed by atoms with Gasteiger partial charge in [-0.2, -0.15) is 0 Å². The molecule has 0 aromatic heterocycles. The van der Waals surface area contributed by atoms with E-state index < -0.39 is 5.60 Å². The van der Waals surface area contributed by atoms with E-state index in [2.05, 4.69) is 10.0 Å². The van der Waals surface area contributed by atoms with Crippen LogP contribution in [-0.4, -0.2) is 31.0 Å². The lowest BCUT2D eigenvalue weighted by atomic mass is 9.91. The maximum Gasteiger partial charge on any atom is 0.120 e. The van der Waals surface area contributed by atoms with Gasteiger partial charge < -0.3 is 14.6 Å². The summed E-state index contributed by atoms with van der Waals surface area (Å²) in [6.07, 6.45) is 2.37. The van der Waals surface area contributed by atoms with Gasteiger partial charge in [-0.1, -0.05) is 24.2 Å². The Kier molecular flexibility index (Phi) is 5.44. The molecule has 1 aromatic rings. The molecular formula is C15H21N3O3. The molecule has 21 heavy (non-hydrogen) atoms. The van der Waals surface area contributed by atoms with Crippen molar-refractivity contribution in [3.63, 3.8) is 0 Å². The van der Waals surface area contributed by atoms with Gasteiger partial charge in [-0.05, 0) is 29.6 Å².